The summed E-state index contributed by atoms with van der Waals surface area (Å²) in [5, 5.41) is 2.41. The topological polar surface area (TPSA) is 28.2 Å². The van der Waals surface area contributed by atoms with Gasteiger partial charge < -0.3 is 10.2 Å². The number of aromatic nitrogens is 1. The Labute approximate surface area is 98.6 Å². The van der Waals surface area contributed by atoms with Gasteiger partial charge in [0.1, 0.15) is 11.9 Å². The van der Waals surface area contributed by atoms with Crippen molar-refractivity contribution in [3.05, 3.63) is 23.9 Å². The summed E-state index contributed by atoms with van der Waals surface area (Å²) < 4.78 is 38.3. The molecule has 0 spiro atoms. The second kappa shape index (κ2) is 5.35. The molecule has 1 aromatic heterocycles. The van der Waals surface area contributed by atoms with Gasteiger partial charge in [-0.15, -0.1) is 0 Å². The lowest BCUT2D eigenvalue weighted by Crippen LogP contribution is -2.34. The Balaban J connectivity index is 2.95. The standard InChI is InChI=1S/C11H16F3N3/c1-4-15-10(11(12,13)14)8-5-6-9(16-7-8)17(2)3/h5-7,10,15H,4H2,1-3H3. The summed E-state index contributed by atoms with van der Waals surface area (Å²) in [5.74, 6) is 0.631. The van der Waals surface area contributed by atoms with Gasteiger partial charge in [-0.25, -0.2) is 4.98 Å². The second-order valence-corrected chi connectivity index (χ2v) is 3.88. The molecule has 17 heavy (non-hydrogen) atoms. The van der Waals surface area contributed by atoms with E-state index in [9.17, 15) is 13.2 Å². The number of hydrogen-bond acceptors (Lipinski definition) is 3. The van der Waals surface area contributed by atoms with Crippen LogP contribution >= 0.6 is 0 Å². The van der Waals surface area contributed by atoms with E-state index in [2.05, 4.69) is 10.3 Å². The second-order valence-electron chi connectivity index (χ2n) is 3.88. The molecule has 1 N–H and O–H groups in total. The monoisotopic (exact) mass is 247 g/mol. The highest BCUT2D eigenvalue weighted by Gasteiger charge is 2.40. The van der Waals surface area contributed by atoms with Gasteiger partial charge in [-0.3, -0.25) is 0 Å². The summed E-state index contributed by atoms with van der Waals surface area (Å²) in [6, 6.07) is 1.37. The molecule has 0 radical (unpaired) electrons. The quantitative estimate of drug-likeness (QED) is 0.885. The first-order valence-electron chi connectivity index (χ1n) is 5.29. The maximum absolute atomic E-state index is 12.8. The Bertz CT molecular complexity index is 346. The predicted molar refractivity (Wildman–Crippen MR) is 61.0 cm³/mol. The highest BCUT2D eigenvalue weighted by Crippen LogP contribution is 2.32. The fourth-order valence-electron chi connectivity index (χ4n) is 1.46. The summed E-state index contributed by atoms with van der Waals surface area (Å²) in [6.07, 6.45) is -3.05. The number of alkyl halides is 3. The lowest BCUT2D eigenvalue weighted by Gasteiger charge is -2.21. The van der Waals surface area contributed by atoms with Gasteiger partial charge in [-0.1, -0.05) is 13.0 Å². The molecule has 0 aliphatic carbocycles. The van der Waals surface area contributed by atoms with Crippen molar-refractivity contribution in [2.45, 2.75) is 19.1 Å². The minimum Gasteiger partial charge on any atom is -0.363 e. The lowest BCUT2D eigenvalue weighted by atomic mass is 10.1. The molecule has 0 aliphatic rings. The highest BCUT2D eigenvalue weighted by atomic mass is 19.4. The van der Waals surface area contributed by atoms with Crippen molar-refractivity contribution in [2.75, 3.05) is 25.5 Å². The van der Waals surface area contributed by atoms with Crippen molar-refractivity contribution in [3.63, 3.8) is 0 Å². The summed E-state index contributed by atoms with van der Waals surface area (Å²) in [4.78, 5) is 5.72. The first-order valence-corrected chi connectivity index (χ1v) is 5.29. The number of nitrogens with one attached hydrogen (secondary N) is 1. The zero-order valence-electron chi connectivity index (χ0n) is 10.0. The van der Waals surface area contributed by atoms with E-state index >= 15 is 0 Å². The van der Waals surface area contributed by atoms with Crippen molar-refractivity contribution in [1.29, 1.82) is 0 Å². The molecule has 0 saturated heterocycles. The molecule has 1 heterocycles. The van der Waals surface area contributed by atoms with E-state index in [1.54, 1.807) is 32.0 Å². The molecular formula is C11H16F3N3. The Morgan fingerprint density at radius 1 is 1.35 bits per heavy atom. The van der Waals surface area contributed by atoms with E-state index in [1.165, 1.54) is 12.3 Å². The summed E-state index contributed by atoms with van der Waals surface area (Å²) in [6.45, 7) is 1.89. The van der Waals surface area contributed by atoms with Crippen LogP contribution in [0.4, 0.5) is 19.0 Å². The number of hydrogen-bond donors (Lipinski definition) is 1. The number of rotatable bonds is 4. The molecule has 0 bridgehead atoms. The van der Waals surface area contributed by atoms with Gasteiger partial charge >= 0.3 is 6.18 Å². The van der Waals surface area contributed by atoms with Crippen LogP contribution in [-0.4, -0.2) is 31.8 Å². The molecule has 6 heteroatoms. The van der Waals surface area contributed by atoms with Gasteiger partial charge in [0.25, 0.3) is 0 Å². The zero-order valence-corrected chi connectivity index (χ0v) is 10.0. The van der Waals surface area contributed by atoms with E-state index in [-0.39, 0.29) is 12.1 Å². The summed E-state index contributed by atoms with van der Waals surface area (Å²) >= 11 is 0. The molecule has 3 nitrogen and oxygen atoms in total. The molecule has 0 aromatic carbocycles. The SMILES string of the molecule is CCNC(c1ccc(N(C)C)nc1)C(F)(F)F. The van der Waals surface area contributed by atoms with Crippen molar-refractivity contribution in [2.24, 2.45) is 0 Å². The number of anilines is 1. The average molecular weight is 247 g/mol. The Morgan fingerprint density at radius 2 is 2.00 bits per heavy atom. The fourth-order valence-corrected chi connectivity index (χ4v) is 1.46. The van der Waals surface area contributed by atoms with Gasteiger partial charge in [-0.05, 0) is 18.2 Å². The van der Waals surface area contributed by atoms with Crippen LogP contribution in [-0.2, 0) is 0 Å². The van der Waals surface area contributed by atoms with Gasteiger partial charge in [0.05, 0.1) is 0 Å². The molecule has 1 rings (SSSR count). The fraction of sp³-hybridized carbons (Fsp3) is 0.545. The molecule has 1 unspecified atom stereocenters. The van der Waals surface area contributed by atoms with Crippen LogP contribution < -0.4 is 10.2 Å². The van der Waals surface area contributed by atoms with Gasteiger partial charge in [-0.2, -0.15) is 13.2 Å². The van der Waals surface area contributed by atoms with Crippen molar-refractivity contribution in [3.8, 4) is 0 Å². The first-order chi connectivity index (χ1) is 7.86. The maximum atomic E-state index is 12.8. The van der Waals surface area contributed by atoms with Gasteiger partial charge in [0, 0.05) is 20.3 Å². The largest absolute Gasteiger partial charge is 0.407 e. The molecule has 0 amide bonds. The molecular weight excluding hydrogens is 231 g/mol. The van der Waals surface area contributed by atoms with Crippen molar-refractivity contribution < 1.29 is 13.2 Å². The predicted octanol–water partition coefficient (Wildman–Crippen LogP) is 2.36. The smallest absolute Gasteiger partial charge is 0.363 e. The third kappa shape index (κ3) is 3.59. The lowest BCUT2D eigenvalue weighted by molar-refractivity contribution is -0.157. The molecule has 0 fully saturated rings. The molecule has 96 valence electrons. The molecule has 0 aliphatic heterocycles. The van der Waals surface area contributed by atoms with Crippen LogP contribution in [0, 0.1) is 0 Å². The van der Waals surface area contributed by atoms with E-state index in [0.29, 0.717) is 5.82 Å². The summed E-state index contributed by atoms with van der Waals surface area (Å²) in [5.41, 5.74) is 0.130. The number of pyridine rings is 1. The molecule has 1 atom stereocenters. The van der Waals surface area contributed by atoms with Crippen molar-refractivity contribution >= 4 is 5.82 Å². The van der Waals surface area contributed by atoms with E-state index in [4.69, 9.17) is 0 Å². The van der Waals surface area contributed by atoms with Crippen LogP contribution in [0.5, 0.6) is 0 Å². The van der Waals surface area contributed by atoms with Crippen LogP contribution in [0.3, 0.4) is 0 Å². The maximum Gasteiger partial charge on any atom is 0.407 e. The third-order valence-electron chi connectivity index (χ3n) is 2.30. The van der Waals surface area contributed by atoms with Crippen LogP contribution in [0.2, 0.25) is 0 Å². The van der Waals surface area contributed by atoms with Crippen LogP contribution in [0.15, 0.2) is 18.3 Å². The first kappa shape index (κ1) is 13.8. The number of halogens is 3. The van der Waals surface area contributed by atoms with E-state index in [1.807, 2.05) is 0 Å². The van der Waals surface area contributed by atoms with Crippen LogP contribution in [0.25, 0.3) is 0 Å². The van der Waals surface area contributed by atoms with Crippen molar-refractivity contribution in [1.82, 2.24) is 10.3 Å². The number of nitrogens with zero attached hydrogens (tertiary/aromatic N) is 2. The zero-order chi connectivity index (χ0) is 13.1. The Kier molecular flexibility index (Phi) is 4.34. The minimum absolute atomic E-state index is 0.130. The normalized spacial score (nSPS) is 13.5. The Hall–Kier alpha value is -1.30. The van der Waals surface area contributed by atoms with Gasteiger partial charge in [0.15, 0.2) is 0 Å². The Morgan fingerprint density at radius 3 is 2.35 bits per heavy atom. The minimum atomic E-state index is -4.31. The van der Waals surface area contributed by atoms with E-state index < -0.39 is 12.2 Å². The van der Waals surface area contributed by atoms with Crippen LogP contribution in [0.1, 0.15) is 18.5 Å². The highest BCUT2D eigenvalue weighted by molar-refractivity contribution is 5.38. The van der Waals surface area contributed by atoms with E-state index in [0.717, 1.165) is 0 Å². The summed E-state index contributed by atoms with van der Waals surface area (Å²) in [7, 11) is 3.57. The molecule has 0 saturated carbocycles. The average Bonchev–Trinajstić information content (AvgIpc) is 2.24. The third-order valence-corrected chi connectivity index (χ3v) is 2.30. The molecule has 1 aromatic rings. The van der Waals surface area contributed by atoms with Gasteiger partial charge in [0.2, 0.25) is 0 Å².